The third kappa shape index (κ3) is 3.25. The van der Waals surface area contributed by atoms with Crippen molar-refractivity contribution in [2.24, 2.45) is 0 Å². The van der Waals surface area contributed by atoms with Crippen molar-refractivity contribution in [3.63, 3.8) is 0 Å². The first-order valence-corrected chi connectivity index (χ1v) is 6.66. The molecule has 0 fully saturated rings. The Morgan fingerprint density at radius 1 is 1.22 bits per heavy atom. The van der Waals surface area contributed by atoms with Gasteiger partial charge in [0, 0.05) is 18.3 Å². The van der Waals surface area contributed by atoms with E-state index in [4.69, 9.17) is 0 Å². The van der Waals surface area contributed by atoms with Gasteiger partial charge in [-0.1, -0.05) is 24.6 Å². The van der Waals surface area contributed by atoms with Gasteiger partial charge in [0.25, 0.3) is 0 Å². The third-order valence-corrected chi connectivity index (χ3v) is 3.45. The molecule has 18 heavy (non-hydrogen) atoms. The van der Waals surface area contributed by atoms with Crippen LogP contribution in [0.2, 0.25) is 0 Å². The molecule has 1 heteroatoms. The standard InChI is InChI=1S/C17H25N/c1-7-12(3)9-17(18-6)16-11-13(4)15(8-2)10-14(16)5/h7,9-11,18H,8H2,1-6H3/b12-7-,17-9-. The third-order valence-electron chi connectivity index (χ3n) is 3.45. The molecular weight excluding hydrogens is 218 g/mol. The zero-order valence-electron chi connectivity index (χ0n) is 12.5. The Bertz CT molecular complexity index is 479. The van der Waals surface area contributed by atoms with Gasteiger partial charge < -0.3 is 5.32 Å². The lowest BCUT2D eigenvalue weighted by Gasteiger charge is -2.14. The summed E-state index contributed by atoms with van der Waals surface area (Å²) in [5.41, 5.74) is 7.91. The van der Waals surface area contributed by atoms with Crippen LogP contribution in [0.4, 0.5) is 0 Å². The topological polar surface area (TPSA) is 12.0 Å². The van der Waals surface area contributed by atoms with Crippen LogP contribution in [-0.4, -0.2) is 7.05 Å². The molecule has 1 rings (SSSR count). The van der Waals surface area contributed by atoms with Gasteiger partial charge in [0.05, 0.1) is 0 Å². The van der Waals surface area contributed by atoms with Crippen molar-refractivity contribution in [3.05, 3.63) is 52.1 Å². The molecule has 0 saturated carbocycles. The lowest BCUT2D eigenvalue weighted by Crippen LogP contribution is -2.07. The quantitative estimate of drug-likeness (QED) is 0.773. The summed E-state index contributed by atoms with van der Waals surface area (Å²) in [5.74, 6) is 0. The van der Waals surface area contributed by atoms with Gasteiger partial charge in [-0.2, -0.15) is 0 Å². The maximum atomic E-state index is 3.31. The van der Waals surface area contributed by atoms with Gasteiger partial charge in [0.2, 0.25) is 0 Å². The van der Waals surface area contributed by atoms with Crippen LogP contribution in [0.25, 0.3) is 5.70 Å². The number of benzene rings is 1. The predicted octanol–water partition coefficient (Wildman–Crippen LogP) is 4.39. The van der Waals surface area contributed by atoms with Crippen molar-refractivity contribution in [2.45, 2.75) is 41.0 Å². The second-order valence-corrected chi connectivity index (χ2v) is 4.79. The molecule has 0 radical (unpaired) electrons. The van der Waals surface area contributed by atoms with E-state index in [1.807, 2.05) is 7.05 Å². The van der Waals surface area contributed by atoms with E-state index < -0.39 is 0 Å². The van der Waals surface area contributed by atoms with Crippen LogP contribution in [0.1, 0.15) is 43.0 Å². The Morgan fingerprint density at radius 3 is 2.39 bits per heavy atom. The first-order chi connectivity index (χ1) is 8.53. The van der Waals surface area contributed by atoms with E-state index in [0.29, 0.717) is 0 Å². The highest BCUT2D eigenvalue weighted by Gasteiger charge is 2.07. The molecule has 1 aromatic carbocycles. The molecule has 1 nitrogen and oxygen atoms in total. The fourth-order valence-electron chi connectivity index (χ4n) is 2.14. The molecule has 0 unspecified atom stereocenters. The summed E-state index contributed by atoms with van der Waals surface area (Å²) in [4.78, 5) is 0. The molecule has 0 amide bonds. The summed E-state index contributed by atoms with van der Waals surface area (Å²) >= 11 is 0. The highest BCUT2D eigenvalue weighted by atomic mass is 14.8. The van der Waals surface area contributed by atoms with Crippen molar-refractivity contribution in [3.8, 4) is 0 Å². The van der Waals surface area contributed by atoms with E-state index in [9.17, 15) is 0 Å². The summed E-state index contributed by atoms with van der Waals surface area (Å²) in [7, 11) is 1.98. The van der Waals surface area contributed by atoms with E-state index in [2.05, 4.69) is 64.2 Å². The smallest absolute Gasteiger partial charge is 0.0416 e. The van der Waals surface area contributed by atoms with Crippen LogP contribution in [0, 0.1) is 13.8 Å². The van der Waals surface area contributed by atoms with Crippen molar-refractivity contribution in [2.75, 3.05) is 7.05 Å². The fourth-order valence-corrected chi connectivity index (χ4v) is 2.14. The summed E-state index contributed by atoms with van der Waals surface area (Å²) < 4.78 is 0. The summed E-state index contributed by atoms with van der Waals surface area (Å²) in [6.07, 6.45) is 5.42. The zero-order valence-corrected chi connectivity index (χ0v) is 12.5. The van der Waals surface area contributed by atoms with E-state index in [1.54, 1.807) is 0 Å². The van der Waals surface area contributed by atoms with E-state index in [0.717, 1.165) is 6.42 Å². The molecule has 1 N–H and O–H groups in total. The molecule has 0 aromatic heterocycles. The zero-order chi connectivity index (χ0) is 13.7. The first-order valence-electron chi connectivity index (χ1n) is 6.66. The Kier molecular flexibility index (Phi) is 5.21. The van der Waals surface area contributed by atoms with Crippen LogP contribution in [0.15, 0.2) is 29.9 Å². The maximum Gasteiger partial charge on any atom is 0.0416 e. The van der Waals surface area contributed by atoms with Gasteiger partial charge in [-0.15, -0.1) is 0 Å². The van der Waals surface area contributed by atoms with Gasteiger partial charge in [-0.3, -0.25) is 0 Å². The summed E-state index contributed by atoms with van der Waals surface area (Å²) in [6.45, 7) is 10.8. The number of hydrogen-bond acceptors (Lipinski definition) is 1. The molecule has 1 aromatic rings. The molecule has 0 atom stereocenters. The van der Waals surface area contributed by atoms with E-state index in [-0.39, 0.29) is 0 Å². The molecule has 0 saturated heterocycles. The molecule has 0 aliphatic heterocycles. The van der Waals surface area contributed by atoms with E-state index in [1.165, 1.54) is 33.5 Å². The lowest BCUT2D eigenvalue weighted by atomic mass is 9.96. The average Bonchev–Trinajstić information content (AvgIpc) is 2.38. The minimum atomic E-state index is 1.10. The van der Waals surface area contributed by atoms with Gasteiger partial charge in [0.1, 0.15) is 0 Å². The van der Waals surface area contributed by atoms with Crippen LogP contribution in [0.3, 0.4) is 0 Å². The van der Waals surface area contributed by atoms with Crippen molar-refractivity contribution in [1.82, 2.24) is 5.32 Å². The van der Waals surface area contributed by atoms with Crippen LogP contribution in [-0.2, 0) is 6.42 Å². The molecule has 0 spiro atoms. The van der Waals surface area contributed by atoms with Crippen molar-refractivity contribution in [1.29, 1.82) is 0 Å². The Hall–Kier alpha value is -1.50. The first kappa shape index (κ1) is 14.6. The Morgan fingerprint density at radius 2 is 1.89 bits per heavy atom. The Labute approximate surface area is 112 Å². The Balaban J connectivity index is 3.31. The van der Waals surface area contributed by atoms with Gasteiger partial charge in [-0.25, -0.2) is 0 Å². The monoisotopic (exact) mass is 243 g/mol. The fraction of sp³-hybridized carbons (Fsp3) is 0.412. The second kappa shape index (κ2) is 6.44. The highest BCUT2D eigenvalue weighted by Crippen LogP contribution is 2.22. The van der Waals surface area contributed by atoms with Gasteiger partial charge in [0.15, 0.2) is 0 Å². The van der Waals surface area contributed by atoms with Gasteiger partial charge >= 0.3 is 0 Å². The molecule has 0 heterocycles. The minimum Gasteiger partial charge on any atom is -0.388 e. The SMILES string of the molecule is C/C=C(C)\C=C(/NC)c1cc(C)c(CC)cc1C. The number of nitrogens with one attached hydrogen (secondary N) is 1. The molecular formula is C17H25N. The van der Waals surface area contributed by atoms with Crippen LogP contribution >= 0.6 is 0 Å². The van der Waals surface area contributed by atoms with Crippen molar-refractivity contribution >= 4 is 5.70 Å². The van der Waals surface area contributed by atoms with Crippen LogP contribution < -0.4 is 5.32 Å². The largest absolute Gasteiger partial charge is 0.388 e. The normalized spacial score (nSPS) is 12.8. The second-order valence-electron chi connectivity index (χ2n) is 4.79. The minimum absolute atomic E-state index is 1.10. The predicted molar refractivity (Wildman–Crippen MR) is 81.8 cm³/mol. The number of rotatable bonds is 4. The average molecular weight is 243 g/mol. The van der Waals surface area contributed by atoms with E-state index >= 15 is 0 Å². The molecule has 0 aliphatic rings. The lowest BCUT2D eigenvalue weighted by molar-refractivity contribution is 1.08. The molecule has 0 aliphatic carbocycles. The van der Waals surface area contributed by atoms with Crippen LogP contribution in [0.5, 0.6) is 0 Å². The molecule has 98 valence electrons. The maximum absolute atomic E-state index is 3.31. The number of aryl methyl sites for hydroxylation is 3. The summed E-state index contributed by atoms with van der Waals surface area (Å²) in [5, 5.41) is 3.31. The van der Waals surface area contributed by atoms with Crippen molar-refractivity contribution < 1.29 is 0 Å². The summed E-state index contributed by atoms with van der Waals surface area (Å²) in [6, 6.07) is 4.60. The molecule has 0 bridgehead atoms. The highest BCUT2D eigenvalue weighted by molar-refractivity contribution is 5.69. The number of allylic oxidation sites excluding steroid dienone is 3. The number of hydrogen-bond donors (Lipinski definition) is 1. The van der Waals surface area contributed by atoms with Gasteiger partial charge in [-0.05, 0) is 62.9 Å².